The number of carboxylic acid groups (broad SMARTS) is 1. The normalized spacial score (nSPS) is 11.3. The van der Waals surface area contributed by atoms with Crippen molar-refractivity contribution in [3.8, 4) is 17.3 Å². The summed E-state index contributed by atoms with van der Waals surface area (Å²) in [4.78, 5) is 14.7. The topological polar surface area (TPSA) is 98.3 Å². The van der Waals surface area contributed by atoms with Gasteiger partial charge in [-0.3, -0.25) is 0 Å². The van der Waals surface area contributed by atoms with Crippen molar-refractivity contribution in [1.29, 1.82) is 0 Å². The number of aromatic carboxylic acids is 1. The predicted molar refractivity (Wildman–Crippen MR) is 56.0 cm³/mol. The molecule has 2 rings (SSSR count). The summed E-state index contributed by atoms with van der Waals surface area (Å²) >= 11 is 0. The van der Waals surface area contributed by atoms with Crippen molar-refractivity contribution in [3.63, 3.8) is 0 Å². The van der Waals surface area contributed by atoms with Crippen LogP contribution in [0.15, 0.2) is 22.9 Å². The van der Waals surface area contributed by atoms with Crippen LogP contribution >= 0.6 is 0 Å². The fourth-order valence-corrected chi connectivity index (χ4v) is 1.31. The molecule has 106 valence electrons. The summed E-state index contributed by atoms with van der Waals surface area (Å²) in [5, 5.41) is 15.4. The molecule has 1 N–H and O–H groups in total. The lowest BCUT2D eigenvalue weighted by Crippen LogP contribution is -2.19. The van der Waals surface area contributed by atoms with Gasteiger partial charge in [0.15, 0.2) is 6.61 Å². The van der Waals surface area contributed by atoms with Crippen LogP contribution in [0.5, 0.6) is 5.88 Å². The lowest BCUT2D eigenvalue weighted by Gasteiger charge is -2.09. The molecule has 0 unspecified atom stereocenters. The zero-order valence-electron chi connectivity index (χ0n) is 9.59. The zero-order chi connectivity index (χ0) is 14.8. The molecular formula is C10H6F3N3O4. The van der Waals surface area contributed by atoms with Crippen molar-refractivity contribution in [2.45, 2.75) is 6.18 Å². The molecule has 7 nitrogen and oxygen atoms in total. The molecule has 0 amide bonds. The summed E-state index contributed by atoms with van der Waals surface area (Å²) in [6.45, 7) is -1.54. The summed E-state index contributed by atoms with van der Waals surface area (Å²) in [6, 6.07) is 2.07. The van der Waals surface area contributed by atoms with Gasteiger partial charge in [-0.15, -0.1) is 5.10 Å². The van der Waals surface area contributed by atoms with Crippen molar-refractivity contribution >= 4 is 5.97 Å². The van der Waals surface area contributed by atoms with Gasteiger partial charge in [0, 0.05) is 11.3 Å². The maximum atomic E-state index is 12.0. The number of ether oxygens (including phenoxy) is 1. The van der Waals surface area contributed by atoms with Crippen LogP contribution in [0.2, 0.25) is 0 Å². The number of halogens is 3. The van der Waals surface area contributed by atoms with Gasteiger partial charge in [-0.1, -0.05) is 0 Å². The minimum atomic E-state index is -4.53. The molecule has 10 heteroatoms. The number of carbonyl (C=O) groups is 1. The quantitative estimate of drug-likeness (QED) is 0.915. The average molecular weight is 289 g/mol. The first-order valence-electron chi connectivity index (χ1n) is 5.08. The van der Waals surface area contributed by atoms with Crippen LogP contribution in [0.25, 0.3) is 11.5 Å². The van der Waals surface area contributed by atoms with E-state index in [4.69, 9.17) is 5.11 Å². The van der Waals surface area contributed by atoms with E-state index in [1.54, 1.807) is 0 Å². The third-order valence-electron chi connectivity index (χ3n) is 2.08. The standard InChI is InChI=1S/C10H6F3N3O4/c11-10(12,13)4-19-7-2-1-5(9(17)18)8(15-7)6-3-14-16-20-6/h1-3H,4H2,(H,17,18). The molecule has 2 aromatic heterocycles. The molecule has 0 atom stereocenters. The highest BCUT2D eigenvalue weighted by Gasteiger charge is 2.29. The van der Waals surface area contributed by atoms with E-state index < -0.39 is 24.6 Å². The Bertz CT molecular complexity index is 613. The number of carboxylic acids is 1. The van der Waals surface area contributed by atoms with Crippen LogP contribution in [0.3, 0.4) is 0 Å². The molecule has 0 radical (unpaired) electrons. The van der Waals surface area contributed by atoms with Crippen LogP contribution in [0, 0.1) is 0 Å². The number of rotatable bonds is 4. The van der Waals surface area contributed by atoms with Crippen molar-refractivity contribution < 1.29 is 32.3 Å². The molecule has 0 spiro atoms. The van der Waals surface area contributed by atoms with Crippen LogP contribution in [-0.2, 0) is 0 Å². The SMILES string of the molecule is O=C(O)c1ccc(OCC(F)(F)F)nc1-c1cnno1. The van der Waals surface area contributed by atoms with Gasteiger partial charge in [-0.2, -0.15) is 13.2 Å². The van der Waals surface area contributed by atoms with Gasteiger partial charge >= 0.3 is 12.1 Å². The van der Waals surface area contributed by atoms with Gasteiger partial charge in [0.05, 0.1) is 5.56 Å². The van der Waals surface area contributed by atoms with E-state index in [0.717, 1.165) is 18.3 Å². The number of hydrogen-bond donors (Lipinski definition) is 1. The second kappa shape index (κ2) is 5.15. The molecule has 0 aliphatic rings. The first kappa shape index (κ1) is 13.8. The largest absolute Gasteiger partial charge is 0.478 e. The number of nitrogens with zero attached hydrogens (tertiary/aromatic N) is 3. The lowest BCUT2D eigenvalue weighted by atomic mass is 10.1. The van der Waals surface area contributed by atoms with E-state index in [0.29, 0.717) is 0 Å². The molecule has 20 heavy (non-hydrogen) atoms. The van der Waals surface area contributed by atoms with Crippen molar-refractivity contribution in [2.75, 3.05) is 6.61 Å². The van der Waals surface area contributed by atoms with Crippen LogP contribution in [-0.4, -0.2) is 39.2 Å². The van der Waals surface area contributed by atoms with Crippen LogP contribution in [0.4, 0.5) is 13.2 Å². The van der Waals surface area contributed by atoms with Gasteiger partial charge in [0.2, 0.25) is 11.6 Å². The zero-order valence-corrected chi connectivity index (χ0v) is 9.59. The Balaban J connectivity index is 2.34. The molecule has 2 aromatic rings. The van der Waals surface area contributed by atoms with E-state index in [-0.39, 0.29) is 17.0 Å². The summed E-state index contributed by atoms with van der Waals surface area (Å²) in [5.41, 5.74) is -0.495. The molecule has 0 fully saturated rings. The maximum absolute atomic E-state index is 12.0. The highest BCUT2D eigenvalue weighted by Crippen LogP contribution is 2.24. The van der Waals surface area contributed by atoms with E-state index >= 15 is 0 Å². The van der Waals surface area contributed by atoms with Crippen LogP contribution < -0.4 is 4.74 Å². The van der Waals surface area contributed by atoms with Crippen molar-refractivity contribution in [1.82, 2.24) is 15.4 Å². The van der Waals surface area contributed by atoms with Gasteiger partial charge in [0.25, 0.3) is 0 Å². The Morgan fingerprint density at radius 1 is 1.40 bits per heavy atom. The van der Waals surface area contributed by atoms with E-state index in [1.165, 1.54) is 0 Å². The summed E-state index contributed by atoms with van der Waals surface area (Å²) < 4.78 is 45.2. The van der Waals surface area contributed by atoms with Gasteiger partial charge < -0.3 is 14.4 Å². The lowest BCUT2D eigenvalue weighted by molar-refractivity contribution is -0.154. The Hall–Kier alpha value is -2.65. The molecule has 2 heterocycles. The molecular weight excluding hydrogens is 283 g/mol. The van der Waals surface area contributed by atoms with Gasteiger partial charge in [0.1, 0.15) is 11.9 Å². The first-order valence-corrected chi connectivity index (χ1v) is 5.08. The maximum Gasteiger partial charge on any atom is 0.422 e. The fourth-order valence-electron chi connectivity index (χ4n) is 1.31. The van der Waals surface area contributed by atoms with E-state index in [1.807, 2.05) is 0 Å². The number of aromatic nitrogens is 3. The molecule has 0 bridgehead atoms. The van der Waals surface area contributed by atoms with Gasteiger partial charge in [-0.25, -0.2) is 9.78 Å². The molecule has 0 aliphatic carbocycles. The molecule has 0 aromatic carbocycles. The Morgan fingerprint density at radius 2 is 2.15 bits per heavy atom. The molecule has 0 saturated heterocycles. The number of hydrogen-bond acceptors (Lipinski definition) is 6. The minimum Gasteiger partial charge on any atom is -0.478 e. The van der Waals surface area contributed by atoms with Gasteiger partial charge in [-0.05, 0) is 6.07 Å². The van der Waals surface area contributed by atoms with E-state index in [2.05, 4.69) is 24.6 Å². The smallest absolute Gasteiger partial charge is 0.422 e. The van der Waals surface area contributed by atoms with Crippen LogP contribution in [0.1, 0.15) is 10.4 Å². The Kier molecular flexibility index (Phi) is 3.55. The molecule has 0 saturated carbocycles. The number of alkyl halides is 3. The first-order chi connectivity index (χ1) is 9.37. The number of pyridine rings is 1. The minimum absolute atomic E-state index is 0.0974. The highest BCUT2D eigenvalue weighted by atomic mass is 19.4. The highest BCUT2D eigenvalue weighted by molar-refractivity contribution is 5.94. The third kappa shape index (κ3) is 3.22. The fraction of sp³-hybridized carbons (Fsp3) is 0.200. The summed E-state index contributed by atoms with van der Waals surface area (Å²) in [5.74, 6) is -1.81. The van der Waals surface area contributed by atoms with Crippen molar-refractivity contribution in [2.24, 2.45) is 0 Å². The Labute approximate surface area is 109 Å². The molecule has 0 aliphatic heterocycles. The summed E-state index contributed by atoms with van der Waals surface area (Å²) in [6.07, 6.45) is -3.44. The predicted octanol–water partition coefficient (Wildman–Crippen LogP) is 1.77. The third-order valence-corrected chi connectivity index (χ3v) is 2.08. The monoisotopic (exact) mass is 289 g/mol. The second-order valence-electron chi connectivity index (χ2n) is 3.54. The Morgan fingerprint density at radius 3 is 2.70 bits per heavy atom. The van der Waals surface area contributed by atoms with E-state index in [9.17, 15) is 18.0 Å². The van der Waals surface area contributed by atoms with Crippen molar-refractivity contribution in [3.05, 3.63) is 23.9 Å². The average Bonchev–Trinajstić information content (AvgIpc) is 2.88. The summed E-state index contributed by atoms with van der Waals surface area (Å²) in [7, 11) is 0. The second-order valence-corrected chi connectivity index (χ2v) is 3.54.